The van der Waals surface area contributed by atoms with Gasteiger partial charge >= 0.3 is 0 Å². The molecule has 0 aromatic rings. The third kappa shape index (κ3) is 4.48. The first-order chi connectivity index (χ1) is 8.91. The number of piperidine rings is 1. The van der Waals surface area contributed by atoms with Crippen LogP contribution in [0.15, 0.2) is 0 Å². The van der Waals surface area contributed by atoms with Gasteiger partial charge in [-0.3, -0.25) is 9.69 Å². The third-order valence-corrected chi connectivity index (χ3v) is 4.01. The van der Waals surface area contributed by atoms with Gasteiger partial charge in [-0.2, -0.15) is 5.26 Å². The normalized spacial score (nSPS) is 23.7. The van der Waals surface area contributed by atoms with Crippen LogP contribution in [-0.4, -0.2) is 47.7 Å². The number of amides is 1. The molecule has 1 amide bonds. The second-order valence-corrected chi connectivity index (χ2v) is 5.94. The summed E-state index contributed by atoms with van der Waals surface area (Å²) < 4.78 is 0. The highest BCUT2D eigenvalue weighted by Crippen LogP contribution is 2.17. The second-order valence-electron chi connectivity index (χ2n) is 5.94. The fourth-order valence-electron chi connectivity index (χ4n) is 2.28. The van der Waals surface area contributed by atoms with Gasteiger partial charge in [-0.1, -0.05) is 13.8 Å². The molecule has 2 N–H and O–H groups in total. The minimum atomic E-state index is -0.816. The van der Waals surface area contributed by atoms with E-state index < -0.39 is 5.54 Å². The molecule has 0 aromatic carbocycles. The summed E-state index contributed by atoms with van der Waals surface area (Å²) in [5.74, 6) is 0.221. The van der Waals surface area contributed by atoms with Crippen molar-refractivity contribution in [1.82, 2.24) is 10.2 Å². The zero-order valence-corrected chi connectivity index (χ0v) is 12.1. The molecule has 2 unspecified atom stereocenters. The van der Waals surface area contributed by atoms with Gasteiger partial charge in [-0.15, -0.1) is 0 Å². The number of nitrogens with one attached hydrogen (secondary N) is 1. The summed E-state index contributed by atoms with van der Waals surface area (Å²) >= 11 is 0. The van der Waals surface area contributed by atoms with Gasteiger partial charge in [0.25, 0.3) is 0 Å². The standard InChI is InChI=1S/C14H25N3O2/c1-11(2)14(3,10-15)16-13(19)8-17-6-4-5-12(7-17)9-18/h11-12,18H,4-9H2,1-3H3,(H,16,19). The summed E-state index contributed by atoms with van der Waals surface area (Å²) in [7, 11) is 0. The Balaban J connectivity index is 2.49. The van der Waals surface area contributed by atoms with E-state index in [1.807, 2.05) is 13.8 Å². The monoisotopic (exact) mass is 267 g/mol. The molecule has 0 bridgehead atoms. The molecule has 5 heteroatoms. The van der Waals surface area contributed by atoms with Crippen molar-refractivity contribution in [2.75, 3.05) is 26.2 Å². The van der Waals surface area contributed by atoms with Gasteiger partial charge in [0.15, 0.2) is 0 Å². The molecule has 19 heavy (non-hydrogen) atoms. The largest absolute Gasteiger partial charge is 0.396 e. The lowest BCUT2D eigenvalue weighted by Gasteiger charge is -2.33. The molecule has 1 rings (SSSR count). The van der Waals surface area contributed by atoms with E-state index >= 15 is 0 Å². The van der Waals surface area contributed by atoms with Gasteiger partial charge in [0.05, 0.1) is 12.6 Å². The van der Waals surface area contributed by atoms with Crippen LogP contribution in [0.3, 0.4) is 0 Å². The molecule has 2 atom stereocenters. The van der Waals surface area contributed by atoms with Crippen molar-refractivity contribution in [1.29, 1.82) is 5.26 Å². The molecule has 1 fully saturated rings. The molecule has 1 heterocycles. The van der Waals surface area contributed by atoms with Gasteiger partial charge in [0, 0.05) is 13.2 Å². The number of carbonyl (C=O) groups is 1. The van der Waals surface area contributed by atoms with E-state index in [-0.39, 0.29) is 24.3 Å². The Bertz CT molecular complexity index is 351. The molecule has 5 nitrogen and oxygen atoms in total. The van der Waals surface area contributed by atoms with E-state index in [2.05, 4.69) is 16.3 Å². The Labute approximate surface area is 115 Å². The predicted octanol–water partition coefficient (Wildman–Crippen LogP) is 0.745. The predicted molar refractivity (Wildman–Crippen MR) is 73.2 cm³/mol. The van der Waals surface area contributed by atoms with Crippen LogP contribution < -0.4 is 5.32 Å². The van der Waals surface area contributed by atoms with Crippen molar-refractivity contribution < 1.29 is 9.90 Å². The van der Waals surface area contributed by atoms with Crippen LogP contribution in [0.25, 0.3) is 0 Å². The highest BCUT2D eigenvalue weighted by atomic mass is 16.3. The fraction of sp³-hybridized carbons (Fsp3) is 0.857. The van der Waals surface area contributed by atoms with Gasteiger partial charge < -0.3 is 10.4 Å². The Hall–Kier alpha value is -1.12. The minimum Gasteiger partial charge on any atom is -0.396 e. The number of aliphatic hydroxyl groups is 1. The lowest BCUT2D eigenvalue weighted by Crippen LogP contribution is -2.52. The number of aliphatic hydroxyl groups excluding tert-OH is 1. The second kappa shape index (κ2) is 6.88. The number of nitriles is 1. The molecule has 1 aliphatic rings. The number of carbonyl (C=O) groups excluding carboxylic acids is 1. The maximum absolute atomic E-state index is 12.0. The molecule has 1 saturated heterocycles. The van der Waals surface area contributed by atoms with E-state index in [0.29, 0.717) is 6.54 Å². The number of rotatable bonds is 5. The molecule has 0 aromatic heterocycles. The first-order valence-corrected chi connectivity index (χ1v) is 6.96. The summed E-state index contributed by atoms with van der Waals surface area (Å²) in [4.78, 5) is 14.1. The Morgan fingerprint density at radius 2 is 2.32 bits per heavy atom. The molecule has 0 aliphatic carbocycles. The van der Waals surface area contributed by atoms with Crippen molar-refractivity contribution in [2.45, 2.75) is 39.2 Å². The zero-order valence-electron chi connectivity index (χ0n) is 12.1. The smallest absolute Gasteiger partial charge is 0.235 e. The van der Waals surface area contributed by atoms with Gasteiger partial charge in [-0.05, 0) is 38.1 Å². The number of likely N-dealkylation sites (tertiary alicyclic amines) is 1. The van der Waals surface area contributed by atoms with Crippen LogP contribution in [0.4, 0.5) is 0 Å². The van der Waals surface area contributed by atoms with E-state index in [1.165, 1.54) is 0 Å². The van der Waals surface area contributed by atoms with Crippen molar-refractivity contribution >= 4 is 5.91 Å². The van der Waals surface area contributed by atoms with E-state index in [4.69, 9.17) is 5.11 Å². The topological polar surface area (TPSA) is 76.4 Å². The third-order valence-electron chi connectivity index (χ3n) is 4.01. The van der Waals surface area contributed by atoms with Crippen LogP contribution >= 0.6 is 0 Å². The Morgan fingerprint density at radius 1 is 1.63 bits per heavy atom. The van der Waals surface area contributed by atoms with E-state index in [1.54, 1.807) is 6.92 Å². The van der Waals surface area contributed by atoms with Crippen LogP contribution in [0.5, 0.6) is 0 Å². The quantitative estimate of drug-likeness (QED) is 0.770. The maximum Gasteiger partial charge on any atom is 0.235 e. The number of hydrogen-bond acceptors (Lipinski definition) is 4. The highest BCUT2D eigenvalue weighted by Gasteiger charge is 2.31. The lowest BCUT2D eigenvalue weighted by atomic mass is 9.90. The number of hydrogen-bond donors (Lipinski definition) is 2. The van der Waals surface area contributed by atoms with Crippen molar-refractivity contribution in [3.05, 3.63) is 0 Å². The number of nitrogens with zero attached hydrogens (tertiary/aromatic N) is 2. The summed E-state index contributed by atoms with van der Waals surface area (Å²) in [5, 5.41) is 21.2. The first-order valence-electron chi connectivity index (χ1n) is 6.96. The summed E-state index contributed by atoms with van der Waals surface area (Å²) in [6.45, 7) is 7.73. The lowest BCUT2D eigenvalue weighted by molar-refractivity contribution is -0.124. The molecular weight excluding hydrogens is 242 g/mol. The fourth-order valence-corrected chi connectivity index (χ4v) is 2.28. The average molecular weight is 267 g/mol. The zero-order chi connectivity index (χ0) is 14.5. The SMILES string of the molecule is CC(C)C(C)(C#N)NC(=O)CN1CCCC(CO)C1. The Kier molecular flexibility index (Phi) is 5.77. The summed E-state index contributed by atoms with van der Waals surface area (Å²) in [5.41, 5.74) is -0.816. The minimum absolute atomic E-state index is 0.0630. The van der Waals surface area contributed by atoms with Crippen LogP contribution in [0, 0.1) is 23.2 Å². The van der Waals surface area contributed by atoms with Crippen molar-refractivity contribution in [2.24, 2.45) is 11.8 Å². The average Bonchev–Trinajstić information content (AvgIpc) is 2.38. The highest BCUT2D eigenvalue weighted by molar-refractivity contribution is 5.79. The molecular formula is C14H25N3O2. The van der Waals surface area contributed by atoms with Crippen LogP contribution in [-0.2, 0) is 4.79 Å². The summed E-state index contributed by atoms with van der Waals surface area (Å²) in [6.07, 6.45) is 2.04. The first kappa shape index (κ1) is 15.9. The molecule has 0 radical (unpaired) electrons. The maximum atomic E-state index is 12.0. The van der Waals surface area contributed by atoms with Gasteiger partial charge in [0.1, 0.15) is 5.54 Å². The van der Waals surface area contributed by atoms with E-state index in [9.17, 15) is 10.1 Å². The van der Waals surface area contributed by atoms with Crippen LogP contribution in [0.2, 0.25) is 0 Å². The van der Waals surface area contributed by atoms with Crippen molar-refractivity contribution in [3.63, 3.8) is 0 Å². The van der Waals surface area contributed by atoms with Gasteiger partial charge in [-0.25, -0.2) is 0 Å². The Morgan fingerprint density at radius 3 is 2.84 bits per heavy atom. The van der Waals surface area contributed by atoms with Crippen molar-refractivity contribution in [3.8, 4) is 6.07 Å². The molecule has 0 spiro atoms. The summed E-state index contributed by atoms with van der Waals surface area (Å²) in [6, 6.07) is 2.18. The van der Waals surface area contributed by atoms with Gasteiger partial charge in [0.2, 0.25) is 5.91 Å². The van der Waals surface area contributed by atoms with Crippen LogP contribution in [0.1, 0.15) is 33.6 Å². The molecule has 0 saturated carbocycles. The molecule has 108 valence electrons. The molecule has 1 aliphatic heterocycles. The van der Waals surface area contributed by atoms with E-state index in [0.717, 1.165) is 25.9 Å².